The van der Waals surface area contributed by atoms with Gasteiger partial charge in [0.25, 0.3) is 0 Å². The van der Waals surface area contributed by atoms with E-state index in [1.54, 1.807) is 11.1 Å². The minimum atomic E-state index is 0.460. The molecule has 1 aliphatic rings. The molecule has 2 atom stereocenters. The Morgan fingerprint density at radius 3 is 2.84 bits per heavy atom. The van der Waals surface area contributed by atoms with Gasteiger partial charge in [-0.05, 0) is 61.4 Å². The van der Waals surface area contributed by atoms with Crippen LogP contribution in [0.1, 0.15) is 46.4 Å². The molecule has 0 amide bonds. The normalized spacial score (nSPS) is 20.0. The van der Waals surface area contributed by atoms with Crippen LogP contribution < -0.4 is 5.32 Å². The zero-order chi connectivity index (χ0) is 13.2. The van der Waals surface area contributed by atoms with Crippen molar-refractivity contribution in [3.63, 3.8) is 0 Å². The van der Waals surface area contributed by atoms with E-state index in [-0.39, 0.29) is 0 Å². The SMILES string of the molecule is CNC(c1sccc1C)C1CCCc2ccccc21. The average molecular weight is 271 g/mol. The van der Waals surface area contributed by atoms with Gasteiger partial charge in [0, 0.05) is 16.8 Å². The van der Waals surface area contributed by atoms with Gasteiger partial charge in [-0.2, -0.15) is 0 Å². The molecule has 0 bridgehead atoms. The van der Waals surface area contributed by atoms with Crippen molar-refractivity contribution in [2.45, 2.75) is 38.1 Å². The van der Waals surface area contributed by atoms with Crippen LogP contribution in [0.2, 0.25) is 0 Å². The van der Waals surface area contributed by atoms with Gasteiger partial charge in [-0.15, -0.1) is 11.3 Å². The lowest BCUT2D eigenvalue weighted by Crippen LogP contribution is -2.26. The summed E-state index contributed by atoms with van der Waals surface area (Å²) in [4.78, 5) is 1.50. The van der Waals surface area contributed by atoms with Gasteiger partial charge in [-0.1, -0.05) is 24.3 Å². The van der Waals surface area contributed by atoms with E-state index >= 15 is 0 Å². The molecule has 1 heterocycles. The molecular formula is C17H21NS. The van der Waals surface area contributed by atoms with Gasteiger partial charge >= 0.3 is 0 Å². The molecule has 1 aromatic heterocycles. The summed E-state index contributed by atoms with van der Waals surface area (Å²) in [6.07, 6.45) is 3.84. The van der Waals surface area contributed by atoms with Crippen LogP contribution >= 0.6 is 11.3 Å². The largest absolute Gasteiger partial charge is 0.312 e. The van der Waals surface area contributed by atoms with Gasteiger partial charge in [0.05, 0.1) is 0 Å². The van der Waals surface area contributed by atoms with Gasteiger partial charge in [0.1, 0.15) is 0 Å². The van der Waals surface area contributed by atoms with Crippen molar-refractivity contribution in [3.8, 4) is 0 Å². The number of rotatable bonds is 3. The summed E-state index contributed by atoms with van der Waals surface area (Å²) >= 11 is 1.89. The predicted molar refractivity (Wildman–Crippen MR) is 83.0 cm³/mol. The van der Waals surface area contributed by atoms with E-state index in [0.29, 0.717) is 12.0 Å². The van der Waals surface area contributed by atoms with Crippen molar-refractivity contribution in [2.24, 2.45) is 0 Å². The Kier molecular flexibility index (Phi) is 3.72. The van der Waals surface area contributed by atoms with Gasteiger partial charge in [-0.25, -0.2) is 0 Å². The molecule has 100 valence electrons. The Bertz CT molecular complexity index is 558. The molecule has 0 radical (unpaired) electrons. The zero-order valence-corrected chi connectivity index (χ0v) is 12.5. The molecule has 0 fully saturated rings. The number of fused-ring (bicyclic) bond motifs is 1. The first-order chi connectivity index (χ1) is 9.31. The summed E-state index contributed by atoms with van der Waals surface area (Å²) in [5.41, 5.74) is 4.53. The molecule has 1 nitrogen and oxygen atoms in total. The third-order valence-corrected chi connectivity index (χ3v) is 5.42. The highest BCUT2D eigenvalue weighted by Gasteiger charge is 2.29. The van der Waals surface area contributed by atoms with Crippen molar-refractivity contribution < 1.29 is 0 Å². The van der Waals surface area contributed by atoms with Crippen molar-refractivity contribution in [1.29, 1.82) is 0 Å². The highest BCUT2D eigenvalue weighted by Crippen LogP contribution is 2.42. The third-order valence-electron chi connectivity index (χ3n) is 4.31. The second-order valence-electron chi connectivity index (χ2n) is 5.43. The molecule has 0 saturated heterocycles. The van der Waals surface area contributed by atoms with Crippen LogP contribution in [0.5, 0.6) is 0 Å². The van der Waals surface area contributed by atoms with Gasteiger partial charge in [0.2, 0.25) is 0 Å². The quantitative estimate of drug-likeness (QED) is 0.870. The lowest BCUT2D eigenvalue weighted by Gasteiger charge is -2.32. The molecule has 3 rings (SSSR count). The van der Waals surface area contributed by atoms with Crippen LogP contribution in [-0.2, 0) is 6.42 Å². The fraction of sp³-hybridized carbons (Fsp3) is 0.412. The van der Waals surface area contributed by atoms with Crippen LogP contribution in [0.25, 0.3) is 0 Å². The monoisotopic (exact) mass is 271 g/mol. The van der Waals surface area contributed by atoms with Crippen molar-refractivity contribution in [2.75, 3.05) is 7.05 Å². The van der Waals surface area contributed by atoms with E-state index in [0.717, 1.165) is 0 Å². The molecule has 2 unspecified atom stereocenters. The Labute approximate surface area is 119 Å². The minimum Gasteiger partial charge on any atom is -0.312 e. The lowest BCUT2D eigenvalue weighted by atomic mass is 9.78. The van der Waals surface area contributed by atoms with E-state index in [9.17, 15) is 0 Å². The fourth-order valence-corrected chi connectivity index (χ4v) is 4.46. The Balaban J connectivity index is 2.00. The highest BCUT2D eigenvalue weighted by atomic mass is 32.1. The minimum absolute atomic E-state index is 0.460. The number of benzene rings is 1. The van der Waals surface area contributed by atoms with Gasteiger partial charge in [-0.3, -0.25) is 0 Å². The molecule has 0 spiro atoms. The van der Waals surface area contributed by atoms with Crippen LogP contribution in [-0.4, -0.2) is 7.05 Å². The lowest BCUT2D eigenvalue weighted by molar-refractivity contribution is 0.429. The molecule has 1 aromatic carbocycles. The summed E-state index contributed by atoms with van der Waals surface area (Å²) in [5.74, 6) is 0.618. The maximum absolute atomic E-state index is 3.57. The second kappa shape index (κ2) is 5.48. The predicted octanol–water partition coefficient (Wildman–Crippen LogP) is 4.44. The van der Waals surface area contributed by atoms with E-state index in [4.69, 9.17) is 0 Å². The number of likely N-dealkylation sites (N-methyl/N-ethyl adjacent to an activating group) is 1. The Morgan fingerprint density at radius 2 is 2.11 bits per heavy atom. The van der Waals surface area contributed by atoms with Crippen molar-refractivity contribution >= 4 is 11.3 Å². The van der Waals surface area contributed by atoms with Crippen LogP contribution in [0.15, 0.2) is 35.7 Å². The summed E-state index contributed by atoms with van der Waals surface area (Å²) in [6, 6.07) is 11.7. The first-order valence-corrected chi connectivity index (χ1v) is 7.98. The molecule has 1 aliphatic carbocycles. The number of hydrogen-bond acceptors (Lipinski definition) is 2. The van der Waals surface area contributed by atoms with E-state index in [1.165, 1.54) is 29.7 Å². The summed E-state index contributed by atoms with van der Waals surface area (Å²) in [5, 5.41) is 5.78. The fourth-order valence-electron chi connectivity index (χ4n) is 3.36. The molecule has 1 N–H and O–H groups in total. The smallest absolute Gasteiger partial charge is 0.0484 e. The maximum atomic E-state index is 3.57. The van der Waals surface area contributed by atoms with Crippen LogP contribution in [0, 0.1) is 6.92 Å². The first-order valence-electron chi connectivity index (χ1n) is 7.10. The maximum Gasteiger partial charge on any atom is 0.0484 e. The van der Waals surface area contributed by atoms with Crippen LogP contribution in [0.4, 0.5) is 0 Å². The van der Waals surface area contributed by atoms with Crippen molar-refractivity contribution in [3.05, 3.63) is 57.3 Å². The van der Waals surface area contributed by atoms with E-state index in [1.807, 2.05) is 11.3 Å². The van der Waals surface area contributed by atoms with E-state index in [2.05, 4.69) is 55.0 Å². The average Bonchev–Trinajstić information content (AvgIpc) is 2.86. The first kappa shape index (κ1) is 12.9. The highest BCUT2D eigenvalue weighted by molar-refractivity contribution is 7.10. The summed E-state index contributed by atoms with van der Waals surface area (Å²) < 4.78 is 0. The molecular weight excluding hydrogens is 250 g/mol. The van der Waals surface area contributed by atoms with Gasteiger partial charge < -0.3 is 5.32 Å². The standard InChI is InChI=1S/C17H21NS/c1-12-10-11-19-17(12)16(18-2)15-9-5-7-13-6-3-4-8-14(13)15/h3-4,6,8,10-11,15-16,18H,5,7,9H2,1-2H3. The third kappa shape index (κ3) is 2.35. The molecule has 2 aromatic rings. The van der Waals surface area contributed by atoms with Crippen LogP contribution in [0.3, 0.4) is 0 Å². The molecule has 0 aliphatic heterocycles. The van der Waals surface area contributed by atoms with Gasteiger partial charge in [0.15, 0.2) is 0 Å². The van der Waals surface area contributed by atoms with E-state index < -0.39 is 0 Å². The number of hydrogen-bond donors (Lipinski definition) is 1. The Morgan fingerprint density at radius 1 is 1.26 bits per heavy atom. The second-order valence-corrected chi connectivity index (χ2v) is 6.38. The summed E-state index contributed by atoms with van der Waals surface area (Å²) in [7, 11) is 2.10. The van der Waals surface area contributed by atoms with Crippen molar-refractivity contribution in [1.82, 2.24) is 5.32 Å². The number of thiophene rings is 1. The number of aryl methyl sites for hydroxylation is 2. The molecule has 2 heteroatoms. The molecule has 0 saturated carbocycles. The molecule has 19 heavy (non-hydrogen) atoms. The number of nitrogens with one attached hydrogen (secondary N) is 1. The summed E-state index contributed by atoms with van der Waals surface area (Å²) in [6.45, 7) is 2.23. The topological polar surface area (TPSA) is 12.0 Å². The zero-order valence-electron chi connectivity index (χ0n) is 11.6. The Hall–Kier alpha value is -1.12.